The highest BCUT2D eigenvalue weighted by Crippen LogP contribution is 2.33. The number of nitrogens with two attached hydrogens (primary N) is 2. The van der Waals surface area contributed by atoms with E-state index in [1.165, 1.54) is 5.56 Å². The van der Waals surface area contributed by atoms with Crippen LogP contribution in [0.2, 0.25) is 5.02 Å². The lowest BCUT2D eigenvalue weighted by Crippen LogP contribution is -2.16. The Bertz CT molecular complexity index is 867. The molecule has 0 amide bonds. The Kier molecular flexibility index (Phi) is 5.81. The Hall–Kier alpha value is -2.79. The molecular formula is C21H26ClN5. The first-order valence-electron chi connectivity index (χ1n) is 8.99. The van der Waals surface area contributed by atoms with Gasteiger partial charge in [-0.05, 0) is 54.8 Å². The predicted molar refractivity (Wildman–Crippen MR) is 115 cm³/mol. The highest BCUT2D eigenvalue weighted by molar-refractivity contribution is 6.30. The molecule has 1 heterocycles. The first kappa shape index (κ1) is 19.0. The Morgan fingerprint density at radius 3 is 2.59 bits per heavy atom. The second-order valence-corrected chi connectivity index (χ2v) is 7.10. The molecule has 2 aromatic rings. The molecule has 6 heteroatoms. The molecule has 0 saturated carbocycles. The van der Waals surface area contributed by atoms with Gasteiger partial charge in [-0.3, -0.25) is 0 Å². The first-order chi connectivity index (χ1) is 13.0. The molecule has 1 aliphatic heterocycles. The average molecular weight is 384 g/mol. The maximum Gasteiger partial charge on any atom is 0.0605 e. The first-order valence-corrected chi connectivity index (χ1v) is 9.37. The number of anilines is 1. The summed E-state index contributed by atoms with van der Waals surface area (Å²) in [5, 5.41) is 10.8. The minimum absolute atomic E-state index is 0.118. The molecule has 1 atom stereocenters. The van der Waals surface area contributed by atoms with Gasteiger partial charge in [-0.15, -0.1) is 0 Å². The van der Waals surface area contributed by atoms with E-state index >= 15 is 0 Å². The second-order valence-electron chi connectivity index (χ2n) is 6.67. The van der Waals surface area contributed by atoms with Crippen LogP contribution < -0.4 is 27.4 Å². The van der Waals surface area contributed by atoms with Crippen LogP contribution in [0.5, 0.6) is 0 Å². The number of fused-ring (bicyclic) bond motifs is 1. The van der Waals surface area contributed by atoms with Crippen molar-refractivity contribution in [1.29, 1.82) is 0 Å². The van der Waals surface area contributed by atoms with Crippen LogP contribution in [0.4, 0.5) is 5.69 Å². The van der Waals surface area contributed by atoms with E-state index in [1.807, 2.05) is 44.3 Å². The minimum atomic E-state index is 0.118. The van der Waals surface area contributed by atoms with Gasteiger partial charge in [0.05, 0.1) is 17.4 Å². The van der Waals surface area contributed by atoms with Crippen molar-refractivity contribution in [3.05, 3.63) is 76.1 Å². The fourth-order valence-electron chi connectivity index (χ4n) is 3.34. The van der Waals surface area contributed by atoms with Gasteiger partial charge in [0.15, 0.2) is 0 Å². The minimum Gasteiger partial charge on any atom is -0.401 e. The fraction of sp³-hybridized carbons (Fsp3) is 0.238. The Morgan fingerprint density at radius 2 is 1.93 bits per heavy atom. The lowest BCUT2D eigenvalue weighted by molar-refractivity contribution is 0.682. The van der Waals surface area contributed by atoms with Crippen molar-refractivity contribution in [3.63, 3.8) is 0 Å². The summed E-state index contributed by atoms with van der Waals surface area (Å²) in [4.78, 5) is 0. The molecule has 0 fully saturated rings. The smallest absolute Gasteiger partial charge is 0.0605 e. The molecular weight excluding hydrogens is 358 g/mol. The summed E-state index contributed by atoms with van der Waals surface area (Å²) in [6, 6.07) is 14.1. The molecule has 0 saturated heterocycles. The topological polar surface area (TPSA) is 88.1 Å². The molecule has 142 valence electrons. The van der Waals surface area contributed by atoms with Crippen LogP contribution in [-0.4, -0.2) is 13.6 Å². The third kappa shape index (κ3) is 4.31. The number of hydrogen-bond acceptors (Lipinski definition) is 5. The summed E-state index contributed by atoms with van der Waals surface area (Å²) in [7, 11) is 1.84. The zero-order valence-corrected chi connectivity index (χ0v) is 16.4. The third-order valence-electron chi connectivity index (χ3n) is 4.64. The van der Waals surface area contributed by atoms with Gasteiger partial charge in [0, 0.05) is 41.8 Å². The molecule has 0 bridgehead atoms. The summed E-state index contributed by atoms with van der Waals surface area (Å²) in [6.45, 7) is 2.74. The molecule has 0 radical (unpaired) electrons. The van der Waals surface area contributed by atoms with Gasteiger partial charge in [0.25, 0.3) is 0 Å². The van der Waals surface area contributed by atoms with Crippen molar-refractivity contribution < 1.29 is 0 Å². The van der Waals surface area contributed by atoms with E-state index in [-0.39, 0.29) is 6.04 Å². The highest BCUT2D eigenvalue weighted by atomic mass is 35.5. The molecule has 3 rings (SSSR count). The van der Waals surface area contributed by atoms with Gasteiger partial charge in [-0.2, -0.15) is 0 Å². The van der Waals surface area contributed by atoms with Gasteiger partial charge in [-0.1, -0.05) is 23.7 Å². The van der Waals surface area contributed by atoms with Crippen LogP contribution in [0, 0.1) is 0 Å². The zero-order chi connectivity index (χ0) is 19.4. The van der Waals surface area contributed by atoms with Crippen LogP contribution in [0.1, 0.15) is 36.1 Å². The standard InChI is InChI=1S/C21H26ClN5/c1-13(23)21-17-8-3-14(19(24)12-25-2)11-18(17)20(9-10-26-21)27-16-6-4-15(22)5-7-16/h3-8,11-12,20,25-27H,9-10,23-24H2,1-2H3/b19-12-,21-13-. The normalized spacial score (nSPS) is 18.8. The summed E-state index contributed by atoms with van der Waals surface area (Å²) in [6.07, 6.45) is 2.70. The number of allylic oxidation sites excluding steroid dienone is 1. The molecule has 5 nitrogen and oxygen atoms in total. The molecule has 0 spiro atoms. The van der Waals surface area contributed by atoms with Crippen molar-refractivity contribution in [2.75, 3.05) is 18.9 Å². The maximum absolute atomic E-state index is 6.20. The van der Waals surface area contributed by atoms with E-state index in [1.54, 1.807) is 6.20 Å². The lowest BCUT2D eigenvalue weighted by Gasteiger charge is -2.21. The van der Waals surface area contributed by atoms with E-state index in [0.717, 1.165) is 46.2 Å². The van der Waals surface area contributed by atoms with Gasteiger partial charge in [0.2, 0.25) is 0 Å². The van der Waals surface area contributed by atoms with Crippen LogP contribution >= 0.6 is 11.6 Å². The molecule has 1 unspecified atom stereocenters. The summed E-state index contributed by atoms with van der Waals surface area (Å²) < 4.78 is 0. The van der Waals surface area contributed by atoms with Gasteiger partial charge in [0.1, 0.15) is 0 Å². The van der Waals surface area contributed by atoms with E-state index in [4.69, 9.17) is 23.1 Å². The average Bonchev–Trinajstić information content (AvgIpc) is 2.83. The molecule has 2 aromatic carbocycles. The number of benzene rings is 2. The predicted octanol–water partition coefficient (Wildman–Crippen LogP) is 3.61. The Morgan fingerprint density at radius 1 is 1.19 bits per heavy atom. The Balaban J connectivity index is 2.06. The van der Waals surface area contributed by atoms with E-state index in [2.05, 4.69) is 28.1 Å². The number of halogens is 1. The Labute approximate surface area is 165 Å². The van der Waals surface area contributed by atoms with Crippen molar-refractivity contribution in [3.8, 4) is 0 Å². The summed E-state index contributed by atoms with van der Waals surface area (Å²) in [5.74, 6) is 0. The molecule has 1 aliphatic rings. The third-order valence-corrected chi connectivity index (χ3v) is 4.90. The highest BCUT2D eigenvalue weighted by Gasteiger charge is 2.23. The summed E-state index contributed by atoms with van der Waals surface area (Å²) in [5.41, 5.74) is 19.1. The quantitative estimate of drug-likeness (QED) is 0.556. The monoisotopic (exact) mass is 383 g/mol. The van der Waals surface area contributed by atoms with Gasteiger partial charge >= 0.3 is 0 Å². The van der Waals surface area contributed by atoms with Crippen LogP contribution in [-0.2, 0) is 0 Å². The van der Waals surface area contributed by atoms with Crippen LogP contribution in [0.25, 0.3) is 11.4 Å². The zero-order valence-electron chi connectivity index (χ0n) is 15.6. The molecule has 0 aliphatic carbocycles. The summed E-state index contributed by atoms with van der Waals surface area (Å²) >= 11 is 6.02. The fourth-order valence-corrected chi connectivity index (χ4v) is 3.46. The lowest BCUT2D eigenvalue weighted by atomic mass is 9.94. The van der Waals surface area contributed by atoms with Crippen molar-refractivity contribution in [1.82, 2.24) is 10.6 Å². The van der Waals surface area contributed by atoms with Crippen molar-refractivity contribution >= 4 is 28.7 Å². The SMILES string of the molecule is CN/C=C(\N)c1ccc2c(c1)C(Nc1ccc(Cl)cc1)CCN/C2=C(/C)N. The van der Waals surface area contributed by atoms with E-state index < -0.39 is 0 Å². The second kappa shape index (κ2) is 8.27. The number of hydrogen-bond donors (Lipinski definition) is 5. The van der Waals surface area contributed by atoms with Gasteiger partial charge in [-0.25, -0.2) is 0 Å². The number of rotatable bonds is 4. The number of nitrogens with one attached hydrogen (secondary N) is 3. The molecule has 27 heavy (non-hydrogen) atoms. The van der Waals surface area contributed by atoms with E-state index in [9.17, 15) is 0 Å². The maximum atomic E-state index is 6.20. The molecule has 7 N–H and O–H groups in total. The molecule has 0 aromatic heterocycles. The van der Waals surface area contributed by atoms with E-state index in [0.29, 0.717) is 5.70 Å². The van der Waals surface area contributed by atoms with Crippen LogP contribution in [0.3, 0.4) is 0 Å². The van der Waals surface area contributed by atoms with Gasteiger partial charge < -0.3 is 27.4 Å². The van der Waals surface area contributed by atoms with Crippen molar-refractivity contribution in [2.45, 2.75) is 19.4 Å². The van der Waals surface area contributed by atoms with Crippen molar-refractivity contribution in [2.24, 2.45) is 11.5 Å². The largest absolute Gasteiger partial charge is 0.401 e. The van der Waals surface area contributed by atoms with Crippen LogP contribution in [0.15, 0.2) is 54.4 Å².